The predicted molar refractivity (Wildman–Crippen MR) is 108 cm³/mol. The fourth-order valence-corrected chi connectivity index (χ4v) is 4.50. The van der Waals surface area contributed by atoms with Crippen molar-refractivity contribution in [2.24, 2.45) is 0 Å². The highest BCUT2D eigenvalue weighted by Gasteiger charge is 2.54. The summed E-state index contributed by atoms with van der Waals surface area (Å²) in [5, 5.41) is 4.08. The molecule has 1 heterocycles. The van der Waals surface area contributed by atoms with E-state index in [4.69, 9.17) is 23.2 Å². The summed E-state index contributed by atoms with van der Waals surface area (Å²) in [6.07, 6.45) is 5.61. The number of amides is 1. The van der Waals surface area contributed by atoms with Crippen LogP contribution in [-0.4, -0.2) is 11.7 Å². The molecule has 3 nitrogen and oxygen atoms in total. The van der Waals surface area contributed by atoms with Gasteiger partial charge in [0, 0.05) is 33.6 Å². The van der Waals surface area contributed by atoms with Gasteiger partial charge in [0.2, 0.25) is 5.91 Å². The molecule has 2 aliphatic rings. The van der Waals surface area contributed by atoms with Gasteiger partial charge in [-0.1, -0.05) is 59.6 Å². The third-order valence-corrected chi connectivity index (χ3v) is 5.76. The topological polar surface area (TPSA) is 46.2 Å². The number of rotatable bonds is 2. The van der Waals surface area contributed by atoms with Crippen molar-refractivity contribution >= 4 is 40.6 Å². The van der Waals surface area contributed by atoms with Crippen LogP contribution in [0.25, 0.3) is 0 Å². The number of nitrogens with one attached hydrogen (secondary N) is 1. The lowest BCUT2D eigenvalue weighted by Gasteiger charge is -2.37. The number of ketones is 1. The molecule has 2 aromatic rings. The van der Waals surface area contributed by atoms with Crippen LogP contribution in [0.2, 0.25) is 10.0 Å². The van der Waals surface area contributed by atoms with Crippen LogP contribution >= 0.6 is 23.2 Å². The predicted octanol–water partition coefficient (Wildman–Crippen LogP) is 5.44. The maximum Gasteiger partial charge on any atom is 0.239 e. The Labute approximate surface area is 167 Å². The Balaban J connectivity index is 2.00. The molecule has 1 spiro atoms. The molecule has 136 valence electrons. The normalized spacial score (nSPS) is 24.3. The van der Waals surface area contributed by atoms with Gasteiger partial charge in [0.05, 0.1) is 0 Å². The van der Waals surface area contributed by atoms with Gasteiger partial charge in [-0.15, -0.1) is 0 Å². The lowest BCUT2D eigenvalue weighted by atomic mass is 9.62. The Bertz CT molecular complexity index is 1020. The molecule has 0 bridgehead atoms. The molecule has 4 rings (SSSR count). The van der Waals surface area contributed by atoms with Crippen molar-refractivity contribution in [1.82, 2.24) is 0 Å². The van der Waals surface area contributed by atoms with Crippen molar-refractivity contribution in [3.05, 3.63) is 87.4 Å². The molecule has 0 saturated carbocycles. The number of allylic oxidation sites excluding steroid dienone is 3. The van der Waals surface area contributed by atoms with Crippen LogP contribution in [0.15, 0.2) is 66.3 Å². The molecule has 5 heteroatoms. The fraction of sp³-hybridized carbons (Fsp3) is 0.182. The first-order valence-corrected chi connectivity index (χ1v) is 9.47. The maximum atomic E-state index is 13.3. The minimum Gasteiger partial charge on any atom is -0.325 e. The number of benzene rings is 2. The first kappa shape index (κ1) is 18.0. The lowest BCUT2D eigenvalue weighted by Crippen LogP contribution is -2.43. The molecule has 0 fully saturated rings. The molecule has 2 atom stereocenters. The molecule has 1 amide bonds. The highest BCUT2D eigenvalue weighted by molar-refractivity contribution is 6.31. The van der Waals surface area contributed by atoms with Crippen molar-refractivity contribution in [3.8, 4) is 0 Å². The van der Waals surface area contributed by atoms with Gasteiger partial charge < -0.3 is 5.32 Å². The minimum absolute atomic E-state index is 0.0129. The van der Waals surface area contributed by atoms with E-state index in [1.165, 1.54) is 0 Å². The highest BCUT2D eigenvalue weighted by Crippen LogP contribution is 2.53. The van der Waals surface area contributed by atoms with Crippen molar-refractivity contribution < 1.29 is 9.59 Å². The van der Waals surface area contributed by atoms with Gasteiger partial charge in [-0.2, -0.15) is 0 Å². The van der Waals surface area contributed by atoms with E-state index in [2.05, 4.69) is 5.32 Å². The van der Waals surface area contributed by atoms with Gasteiger partial charge >= 0.3 is 0 Å². The SMILES string of the molecule is CC=CC1=C[C@@]2(C(=O)Nc3cc(Cl)ccc32)[C@H](c2cccc(Cl)c2)CC1=O. The van der Waals surface area contributed by atoms with Crippen molar-refractivity contribution in [2.75, 3.05) is 5.32 Å². The molecule has 0 unspecified atom stereocenters. The molecule has 2 aromatic carbocycles. The third-order valence-electron chi connectivity index (χ3n) is 5.29. The number of hydrogen-bond acceptors (Lipinski definition) is 2. The number of carbonyl (C=O) groups is 2. The van der Waals surface area contributed by atoms with E-state index in [1.807, 2.05) is 37.3 Å². The number of fused-ring (bicyclic) bond motifs is 2. The first-order chi connectivity index (χ1) is 13.0. The van der Waals surface area contributed by atoms with Crippen LogP contribution in [0.5, 0.6) is 0 Å². The van der Waals surface area contributed by atoms with E-state index in [-0.39, 0.29) is 24.0 Å². The van der Waals surface area contributed by atoms with Gasteiger partial charge in [-0.25, -0.2) is 0 Å². The van der Waals surface area contributed by atoms with E-state index < -0.39 is 5.41 Å². The second-order valence-electron chi connectivity index (χ2n) is 6.85. The summed E-state index contributed by atoms with van der Waals surface area (Å²) in [5.41, 5.74) is 1.95. The molecule has 1 aliphatic heterocycles. The zero-order valence-corrected chi connectivity index (χ0v) is 16.1. The molecule has 0 aromatic heterocycles. The van der Waals surface area contributed by atoms with E-state index >= 15 is 0 Å². The minimum atomic E-state index is -0.979. The van der Waals surface area contributed by atoms with E-state index in [9.17, 15) is 9.59 Å². The Morgan fingerprint density at radius 1 is 1.11 bits per heavy atom. The van der Waals surface area contributed by atoms with Crippen LogP contribution in [0.1, 0.15) is 30.4 Å². The Morgan fingerprint density at radius 3 is 2.63 bits per heavy atom. The molecular weight excluding hydrogens is 381 g/mol. The van der Waals surface area contributed by atoms with Crippen LogP contribution in [0.3, 0.4) is 0 Å². The largest absolute Gasteiger partial charge is 0.325 e. The summed E-state index contributed by atoms with van der Waals surface area (Å²) in [6, 6.07) is 12.8. The second-order valence-corrected chi connectivity index (χ2v) is 7.72. The average Bonchev–Trinajstić information content (AvgIpc) is 2.89. The smallest absolute Gasteiger partial charge is 0.239 e. The highest BCUT2D eigenvalue weighted by atomic mass is 35.5. The Kier molecular flexibility index (Phi) is 4.45. The van der Waals surface area contributed by atoms with Gasteiger partial charge in [-0.3, -0.25) is 9.59 Å². The first-order valence-electron chi connectivity index (χ1n) is 8.71. The fourth-order valence-electron chi connectivity index (χ4n) is 4.13. The van der Waals surface area contributed by atoms with Gasteiger partial charge in [-0.05, 0) is 42.3 Å². The summed E-state index contributed by atoms with van der Waals surface area (Å²) < 4.78 is 0. The molecule has 1 aliphatic carbocycles. The number of carbonyl (C=O) groups excluding carboxylic acids is 2. The van der Waals surface area contributed by atoms with Crippen molar-refractivity contribution in [2.45, 2.75) is 24.7 Å². The standard InChI is InChI=1S/C22H17Cl2NO2/c1-2-4-14-12-22(17-8-7-16(24)10-19(17)25-21(22)27)18(11-20(14)26)13-5-3-6-15(23)9-13/h2-10,12,18H,11H2,1H3,(H,25,27)/t18-,22-/m0/s1. The van der Waals surface area contributed by atoms with Gasteiger partial charge in [0.15, 0.2) is 5.78 Å². The van der Waals surface area contributed by atoms with Gasteiger partial charge in [0.1, 0.15) is 5.41 Å². The van der Waals surface area contributed by atoms with Crippen LogP contribution in [-0.2, 0) is 15.0 Å². The van der Waals surface area contributed by atoms with E-state index in [0.29, 0.717) is 21.3 Å². The van der Waals surface area contributed by atoms with Gasteiger partial charge in [0.25, 0.3) is 0 Å². The molecule has 1 N–H and O–H groups in total. The molecule has 0 radical (unpaired) electrons. The summed E-state index contributed by atoms with van der Waals surface area (Å²) in [6.45, 7) is 1.85. The number of halogens is 2. The maximum absolute atomic E-state index is 13.3. The molecule has 27 heavy (non-hydrogen) atoms. The summed E-state index contributed by atoms with van der Waals surface area (Å²) in [4.78, 5) is 26.0. The second kappa shape index (κ2) is 6.66. The summed E-state index contributed by atoms with van der Waals surface area (Å²) in [7, 11) is 0. The zero-order chi connectivity index (χ0) is 19.2. The number of anilines is 1. The van der Waals surface area contributed by atoms with Crippen LogP contribution < -0.4 is 5.32 Å². The van der Waals surface area contributed by atoms with E-state index in [0.717, 1.165) is 11.1 Å². The van der Waals surface area contributed by atoms with E-state index in [1.54, 1.807) is 30.4 Å². The Morgan fingerprint density at radius 2 is 1.89 bits per heavy atom. The molecule has 0 saturated heterocycles. The summed E-state index contributed by atoms with van der Waals surface area (Å²) >= 11 is 12.3. The summed E-state index contributed by atoms with van der Waals surface area (Å²) in [5.74, 6) is -0.488. The lowest BCUT2D eigenvalue weighted by molar-refractivity contribution is -0.121. The quantitative estimate of drug-likeness (QED) is 0.732. The number of Topliss-reactive ketones (excluding diaryl/α,β-unsaturated/α-hetero) is 1. The monoisotopic (exact) mass is 397 g/mol. The van der Waals surface area contributed by atoms with Crippen LogP contribution in [0.4, 0.5) is 5.69 Å². The van der Waals surface area contributed by atoms with Crippen molar-refractivity contribution in [3.63, 3.8) is 0 Å². The number of hydrogen-bond donors (Lipinski definition) is 1. The zero-order valence-electron chi connectivity index (χ0n) is 14.6. The molecular formula is C22H17Cl2NO2. The van der Waals surface area contributed by atoms with Crippen molar-refractivity contribution in [1.29, 1.82) is 0 Å². The Hall–Kier alpha value is -2.36. The average molecular weight is 398 g/mol. The van der Waals surface area contributed by atoms with Crippen LogP contribution in [0, 0.1) is 0 Å². The third kappa shape index (κ3) is 2.82.